The molecule has 0 aliphatic heterocycles. The molecule has 0 spiro atoms. The smallest absolute Gasteiger partial charge is 0.243 e. The van der Waals surface area contributed by atoms with Crippen LogP contribution in [0, 0.1) is 0 Å². The van der Waals surface area contributed by atoms with Crippen LogP contribution in [0.4, 0.5) is 0 Å². The fraction of sp³-hybridized carbons (Fsp3) is 0.462. The van der Waals surface area contributed by atoms with Crippen LogP contribution in [0.1, 0.15) is 51.0 Å². The molecule has 33 heavy (non-hydrogen) atoms. The number of thioether (sulfide) groups is 1. The summed E-state index contributed by atoms with van der Waals surface area (Å²) < 4.78 is 5.35. The minimum Gasteiger partial charge on any atom is -0.497 e. The molecule has 1 aliphatic rings. The van der Waals surface area contributed by atoms with Gasteiger partial charge in [0.2, 0.25) is 11.8 Å². The lowest BCUT2D eigenvalue weighted by molar-refractivity contribution is -0.141. The summed E-state index contributed by atoms with van der Waals surface area (Å²) in [4.78, 5) is 29.3. The van der Waals surface area contributed by atoms with E-state index in [1.165, 1.54) is 0 Å². The summed E-state index contributed by atoms with van der Waals surface area (Å²) in [5.41, 5.74) is 0.945. The first-order valence-electron chi connectivity index (χ1n) is 11.6. The van der Waals surface area contributed by atoms with Gasteiger partial charge in [0.05, 0.1) is 7.11 Å². The van der Waals surface area contributed by atoms with Gasteiger partial charge in [-0.15, -0.1) is 11.8 Å². The third-order valence-electron chi connectivity index (χ3n) is 5.97. The molecule has 0 radical (unpaired) electrons. The van der Waals surface area contributed by atoms with Gasteiger partial charge < -0.3 is 15.0 Å². The van der Waals surface area contributed by atoms with Crippen molar-refractivity contribution in [3.05, 3.63) is 59.1 Å². The lowest BCUT2D eigenvalue weighted by Gasteiger charge is -2.31. The first-order valence-corrected chi connectivity index (χ1v) is 13.0. The first kappa shape index (κ1) is 25.4. The average molecular weight is 489 g/mol. The number of nitrogens with one attached hydrogen (secondary N) is 1. The van der Waals surface area contributed by atoms with Gasteiger partial charge in [0.25, 0.3) is 0 Å². The Morgan fingerprint density at radius 2 is 1.91 bits per heavy atom. The van der Waals surface area contributed by atoms with E-state index >= 15 is 0 Å². The van der Waals surface area contributed by atoms with Crippen molar-refractivity contribution in [1.82, 2.24) is 10.2 Å². The van der Waals surface area contributed by atoms with Gasteiger partial charge in [0, 0.05) is 34.7 Å². The summed E-state index contributed by atoms with van der Waals surface area (Å²) in [6.45, 7) is 2.34. The number of halogens is 1. The maximum atomic E-state index is 13.4. The van der Waals surface area contributed by atoms with Gasteiger partial charge in [0.15, 0.2) is 0 Å². The molecule has 1 aliphatic carbocycles. The minimum absolute atomic E-state index is 0.0206. The van der Waals surface area contributed by atoms with Crippen molar-refractivity contribution in [2.45, 2.75) is 69.0 Å². The van der Waals surface area contributed by atoms with E-state index in [-0.39, 0.29) is 17.9 Å². The molecule has 1 atom stereocenters. The van der Waals surface area contributed by atoms with E-state index in [9.17, 15) is 9.59 Å². The van der Waals surface area contributed by atoms with Crippen molar-refractivity contribution in [3.63, 3.8) is 0 Å². The van der Waals surface area contributed by atoms with E-state index in [0.29, 0.717) is 30.2 Å². The normalized spacial score (nSPS) is 14.6. The number of amides is 2. The summed E-state index contributed by atoms with van der Waals surface area (Å²) in [5, 5.41) is 3.88. The second kappa shape index (κ2) is 12.9. The Kier molecular flexibility index (Phi) is 9.95. The molecule has 0 bridgehead atoms. The molecular weight excluding hydrogens is 456 g/mol. The zero-order valence-corrected chi connectivity index (χ0v) is 21.0. The van der Waals surface area contributed by atoms with Crippen LogP contribution in [0.2, 0.25) is 5.02 Å². The van der Waals surface area contributed by atoms with Crippen LogP contribution < -0.4 is 10.1 Å². The van der Waals surface area contributed by atoms with Crippen molar-refractivity contribution in [2.75, 3.05) is 12.9 Å². The van der Waals surface area contributed by atoms with Gasteiger partial charge >= 0.3 is 0 Å². The van der Waals surface area contributed by atoms with Crippen molar-refractivity contribution in [3.8, 4) is 5.75 Å². The number of ether oxygens (including phenoxy) is 1. The predicted octanol–water partition coefficient (Wildman–Crippen LogP) is 5.70. The fourth-order valence-corrected chi connectivity index (χ4v) is 5.15. The average Bonchev–Trinajstić information content (AvgIpc) is 3.33. The number of methoxy groups -OCH3 is 1. The summed E-state index contributed by atoms with van der Waals surface area (Å²) in [6, 6.07) is 15.0. The Morgan fingerprint density at radius 3 is 2.58 bits per heavy atom. The number of carbonyl (C=O) groups excluding carboxylic acids is 2. The lowest BCUT2D eigenvalue weighted by Crippen LogP contribution is -2.51. The Labute approximate surface area is 206 Å². The van der Waals surface area contributed by atoms with Crippen LogP contribution >= 0.6 is 23.4 Å². The number of hydrogen-bond donors (Lipinski definition) is 1. The maximum Gasteiger partial charge on any atom is 0.243 e. The van der Waals surface area contributed by atoms with Crippen molar-refractivity contribution < 1.29 is 14.3 Å². The Bertz CT molecular complexity index is 916. The molecule has 178 valence electrons. The lowest BCUT2D eigenvalue weighted by atomic mass is 10.1. The molecule has 2 amide bonds. The highest BCUT2D eigenvalue weighted by molar-refractivity contribution is 7.99. The highest BCUT2D eigenvalue weighted by atomic mass is 35.5. The van der Waals surface area contributed by atoms with Crippen LogP contribution in [0.3, 0.4) is 0 Å². The van der Waals surface area contributed by atoms with Crippen LogP contribution in [-0.2, 0) is 16.1 Å². The molecule has 1 fully saturated rings. The molecule has 1 N–H and O–H groups in total. The van der Waals surface area contributed by atoms with Crippen LogP contribution in [-0.4, -0.2) is 41.7 Å². The van der Waals surface area contributed by atoms with Crippen LogP contribution in [0.15, 0.2) is 53.4 Å². The van der Waals surface area contributed by atoms with E-state index in [2.05, 4.69) is 5.32 Å². The molecule has 3 rings (SSSR count). The van der Waals surface area contributed by atoms with Crippen molar-refractivity contribution in [1.29, 1.82) is 0 Å². The molecule has 0 heterocycles. The maximum absolute atomic E-state index is 13.4. The predicted molar refractivity (Wildman–Crippen MR) is 135 cm³/mol. The summed E-state index contributed by atoms with van der Waals surface area (Å²) in [5.74, 6) is 1.30. The molecule has 7 heteroatoms. The van der Waals surface area contributed by atoms with E-state index in [1.54, 1.807) is 23.8 Å². The van der Waals surface area contributed by atoms with Gasteiger partial charge in [-0.25, -0.2) is 0 Å². The molecule has 2 aromatic rings. The van der Waals surface area contributed by atoms with Gasteiger partial charge in [-0.05, 0) is 61.2 Å². The first-order chi connectivity index (χ1) is 16.0. The SMILES string of the molecule is CC[C@@H](C(=O)NC1CCCC1)N(Cc1cccc(OC)c1)C(=O)CCSc1ccc(Cl)cc1. The standard InChI is InChI=1S/C26H33ClN2O3S/c1-3-24(26(31)28-21-8-4-5-9-21)29(18-19-7-6-10-22(17-19)32-2)25(30)15-16-33-23-13-11-20(27)12-14-23/h6-7,10-14,17,21,24H,3-5,8-9,15-16,18H2,1-2H3,(H,28,31)/t24-/m0/s1. The third-order valence-corrected chi connectivity index (χ3v) is 7.24. The quantitative estimate of drug-likeness (QED) is 0.412. The molecule has 1 saturated carbocycles. The Morgan fingerprint density at radius 1 is 1.18 bits per heavy atom. The molecule has 5 nitrogen and oxygen atoms in total. The Balaban J connectivity index is 1.71. The molecule has 0 saturated heterocycles. The highest BCUT2D eigenvalue weighted by Crippen LogP contribution is 2.24. The van der Waals surface area contributed by atoms with Gasteiger partial charge in [-0.2, -0.15) is 0 Å². The van der Waals surface area contributed by atoms with Crippen LogP contribution in [0.25, 0.3) is 0 Å². The van der Waals surface area contributed by atoms with Crippen LogP contribution in [0.5, 0.6) is 5.75 Å². The van der Waals surface area contributed by atoms with Crippen molar-refractivity contribution in [2.24, 2.45) is 0 Å². The number of hydrogen-bond acceptors (Lipinski definition) is 4. The second-order valence-electron chi connectivity index (χ2n) is 8.34. The summed E-state index contributed by atoms with van der Waals surface area (Å²) >= 11 is 7.58. The number of carbonyl (C=O) groups is 2. The van der Waals surface area contributed by atoms with E-state index in [1.807, 2.05) is 55.5 Å². The molecular formula is C26H33ClN2O3S. The molecule has 0 aromatic heterocycles. The Hall–Kier alpha value is -2.18. The van der Waals surface area contributed by atoms with Gasteiger partial charge in [0.1, 0.15) is 11.8 Å². The zero-order chi connectivity index (χ0) is 23.6. The van der Waals surface area contributed by atoms with Crippen molar-refractivity contribution >= 4 is 35.2 Å². The largest absolute Gasteiger partial charge is 0.497 e. The monoisotopic (exact) mass is 488 g/mol. The minimum atomic E-state index is -0.496. The highest BCUT2D eigenvalue weighted by Gasteiger charge is 2.30. The van der Waals surface area contributed by atoms with Gasteiger partial charge in [-0.1, -0.05) is 43.5 Å². The summed E-state index contributed by atoms with van der Waals surface area (Å²) in [6.07, 6.45) is 5.25. The fourth-order valence-electron chi connectivity index (χ4n) is 4.19. The molecule has 2 aromatic carbocycles. The third kappa shape index (κ3) is 7.68. The summed E-state index contributed by atoms with van der Waals surface area (Å²) in [7, 11) is 1.62. The topological polar surface area (TPSA) is 58.6 Å². The number of benzene rings is 2. The van der Waals surface area contributed by atoms with E-state index in [0.717, 1.165) is 41.9 Å². The number of rotatable bonds is 11. The molecule has 0 unspecified atom stereocenters. The van der Waals surface area contributed by atoms with E-state index < -0.39 is 6.04 Å². The van der Waals surface area contributed by atoms with Gasteiger partial charge in [-0.3, -0.25) is 9.59 Å². The zero-order valence-electron chi connectivity index (χ0n) is 19.4. The number of nitrogens with zero attached hydrogens (tertiary/aromatic N) is 1. The van der Waals surface area contributed by atoms with E-state index in [4.69, 9.17) is 16.3 Å². The second-order valence-corrected chi connectivity index (χ2v) is 9.94.